The summed E-state index contributed by atoms with van der Waals surface area (Å²) in [4.78, 5) is 22.0. The molecule has 0 radical (unpaired) electrons. The molecule has 2 rings (SSSR count). The third-order valence-electron chi connectivity index (χ3n) is 3.01. The molecule has 6 nitrogen and oxygen atoms in total. The Morgan fingerprint density at radius 2 is 1.87 bits per heavy atom. The SMILES string of the molecule is COC(=O)c1cc(Oc2cc(C)c(Cl)cc2Cl)ccc1[N+](=O)[O-]. The van der Waals surface area contributed by atoms with Crippen LogP contribution in [0.5, 0.6) is 11.5 Å². The molecule has 0 aliphatic carbocycles. The van der Waals surface area contributed by atoms with Crippen molar-refractivity contribution in [2.24, 2.45) is 0 Å². The van der Waals surface area contributed by atoms with E-state index in [1.807, 2.05) is 0 Å². The van der Waals surface area contributed by atoms with Crippen LogP contribution < -0.4 is 4.74 Å². The molecule has 0 unspecified atom stereocenters. The van der Waals surface area contributed by atoms with E-state index in [2.05, 4.69) is 4.74 Å². The van der Waals surface area contributed by atoms with Gasteiger partial charge in [0.1, 0.15) is 17.1 Å². The zero-order valence-corrected chi connectivity index (χ0v) is 13.6. The van der Waals surface area contributed by atoms with Gasteiger partial charge in [-0.2, -0.15) is 0 Å². The molecular formula is C15H11Cl2NO5. The lowest BCUT2D eigenvalue weighted by molar-refractivity contribution is -0.385. The largest absolute Gasteiger partial charge is 0.465 e. The number of nitro benzene ring substituents is 1. The highest BCUT2D eigenvalue weighted by atomic mass is 35.5. The molecule has 0 aliphatic heterocycles. The average Bonchev–Trinajstić information content (AvgIpc) is 2.51. The Morgan fingerprint density at radius 1 is 1.17 bits per heavy atom. The summed E-state index contributed by atoms with van der Waals surface area (Å²) < 4.78 is 10.1. The van der Waals surface area contributed by atoms with E-state index >= 15 is 0 Å². The highest BCUT2D eigenvalue weighted by molar-refractivity contribution is 6.36. The molecule has 0 saturated carbocycles. The number of nitrogens with zero attached hydrogens (tertiary/aromatic N) is 1. The fourth-order valence-corrected chi connectivity index (χ4v) is 2.27. The van der Waals surface area contributed by atoms with Crippen LogP contribution >= 0.6 is 23.2 Å². The number of nitro groups is 1. The summed E-state index contributed by atoms with van der Waals surface area (Å²) in [5, 5.41) is 11.7. The molecule has 0 heterocycles. The van der Waals surface area contributed by atoms with Gasteiger partial charge in [0.25, 0.3) is 5.69 Å². The van der Waals surface area contributed by atoms with Crippen LogP contribution in [0, 0.1) is 17.0 Å². The van der Waals surface area contributed by atoms with Gasteiger partial charge >= 0.3 is 5.97 Å². The van der Waals surface area contributed by atoms with E-state index in [0.717, 1.165) is 18.7 Å². The number of methoxy groups -OCH3 is 1. The van der Waals surface area contributed by atoms with E-state index in [1.54, 1.807) is 13.0 Å². The van der Waals surface area contributed by atoms with Gasteiger partial charge in [0.2, 0.25) is 0 Å². The second kappa shape index (κ2) is 6.85. The van der Waals surface area contributed by atoms with Gasteiger partial charge in [0.05, 0.1) is 17.1 Å². The van der Waals surface area contributed by atoms with Crippen LogP contribution in [0.2, 0.25) is 10.0 Å². The normalized spacial score (nSPS) is 10.3. The number of aryl methyl sites for hydroxylation is 1. The van der Waals surface area contributed by atoms with Gasteiger partial charge in [-0.15, -0.1) is 0 Å². The molecule has 2 aromatic carbocycles. The number of halogens is 2. The minimum Gasteiger partial charge on any atom is -0.465 e. The second-order valence-corrected chi connectivity index (χ2v) is 5.38. The van der Waals surface area contributed by atoms with Crippen molar-refractivity contribution in [1.82, 2.24) is 0 Å². The van der Waals surface area contributed by atoms with E-state index < -0.39 is 10.9 Å². The first-order valence-electron chi connectivity index (χ1n) is 6.33. The molecular weight excluding hydrogens is 345 g/mol. The molecule has 0 aromatic heterocycles. The zero-order valence-electron chi connectivity index (χ0n) is 12.1. The fraction of sp³-hybridized carbons (Fsp3) is 0.133. The molecule has 0 atom stereocenters. The topological polar surface area (TPSA) is 78.7 Å². The first kappa shape index (κ1) is 17.1. The lowest BCUT2D eigenvalue weighted by atomic mass is 10.1. The van der Waals surface area contributed by atoms with E-state index in [1.165, 1.54) is 18.2 Å². The number of ether oxygens (including phenoxy) is 2. The van der Waals surface area contributed by atoms with Crippen molar-refractivity contribution in [3.8, 4) is 11.5 Å². The fourth-order valence-electron chi connectivity index (χ4n) is 1.85. The summed E-state index contributed by atoms with van der Waals surface area (Å²) in [6.07, 6.45) is 0. The summed E-state index contributed by atoms with van der Waals surface area (Å²) in [5.74, 6) is -0.307. The van der Waals surface area contributed by atoms with Gasteiger partial charge in [-0.3, -0.25) is 10.1 Å². The van der Waals surface area contributed by atoms with E-state index in [0.29, 0.717) is 10.8 Å². The molecule has 0 aliphatic rings. The van der Waals surface area contributed by atoms with Crippen molar-refractivity contribution in [3.63, 3.8) is 0 Å². The van der Waals surface area contributed by atoms with E-state index in [4.69, 9.17) is 27.9 Å². The maximum absolute atomic E-state index is 11.7. The minimum absolute atomic E-state index is 0.208. The van der Waals surface area contributed by atoms with Crippen molar-refractivity contribution >= 4 is 34.9 Å². The molecule has 0 spiro atoms. The predicted octanol–water partition coefficient (Wildman–Crippen LogP) is 4.79. The van der Waals surface area contributed by atoms with Gasteiger partial charge in [-0.1, -0.05) is 23.2 Å². The number of rotatable bonds is 4. The first-order valence-corrected chi connectivity index (χ1v) is 7.09. The van der Waals surface area contributed by atoms with Gasteiger partial charge in [0, 0.05) is 17.2 Å². The van der Waals surface area contributed by atoms with Crippen LogP contribution in [-0.2, 0) is 4.74 Å². The van der Waals surface area contributed by atoms with Crippen LogP contribution in [0.15, 0.2) is 30.3 Å². The standard InChI is InChI=1S/C15H11Cl2NO5/c1-8-5-14(12(17)7-11(8)16)23-9-3-4-13(18(20)21)10(6-9)15(19)22-2/h3-7H,1-2H3. The monoisotopic (exact) mass is 355 g/mol. The molecule has 2 aromatic rings. The van der Waals surface area contributed by atoms with Gasteiger partial charge < -0.3 is 9.47 Å². The van der Waals surface area contributed by atoms with Crippen LogP contribution in [-0.4, -0.2) is 18.0 Å². The Morgan fingerprint density at radius 3 is 2.48 bits per heavy atom. The van der Waals surface area contributed by atoms with E-state index in [9.17, 15) is 14.9 Å². The molecule has 0 amide bonds. The number of esters is 1. The quantitative estimate of drug-likeness (QED) is 0.447. The Labute approximate surface area is 141 Å². The molecule has 23 heavy (non-hydrogen) atoms. The molecule has 0 N–H and O–H groups in total. The summed E-state index contributed by atoms with van der Waals surface area (Å²) >= 11 is 12.0. The van der Waals surface area contributed by atoms with Crippen molar-refractivity contribution in [3.05, 3.63) is 61.6 Å². The van der Waals surface area contributed by atoms with Crippen molar-refractivity contribution < 1.29 is 19.2 Å². The smallest absolute Gasteiger partial charge is 0.345 e. The van der Waals surface area contributed by atoms with Gasteiger partial charge in [-0.25, -0.2) is 4.79 Å². The Bertz CT molecular complexity index is 792. The lowest BCUT2D eigenvalue weighted by Crippen LogP contribution is -2.06. The van der Waals surface area contributed by atoms with Crippen molar-refractivity contribution in [1.29, 1.82) is 0 Å². The third-order valence-corrected chi connectivity index (χ3v) is 3.71. The van der Waals surface area contributed by atoms with Crippen LogP contribution in [0.4, 0.5) is 5.69 Å². The molecule has 8 heteroatoms. The third kappa shape index (κ3) is 3.72. The summed E-state index contributed by atoms with van der Waals surface area (Å²) in [5.41, 5.74) is 0.167. The Balaban J connectivity index is 2.43. The summed E-state index contributed by atoms with van der Waals surface area (Å²) in [6.45, 7) is 1.78. The maximum Gasteiger partial charge on any atom is 0.345 e. The highest BCUT2D eigenvalue weighted by Gasteiger charge is 2.22. The van der Waals surface area contributed by atoms with Gasteiger partial charge in [0.15, 0.2) is 0 Å². The summed E-state index contributed by atoms with van der Waals surface area (Å²) in [7, 11) is 1.14. The number of hydrogen-bond donors (Lipinski definition) is 0. The first-order chi connectivity index (χ1) is 10.8. The zero-order chi connectivity index (χ0) is 17.1. The van der Waals surface area contributed by atoms with Crippen LogP contribution in [0.1, 0.15) is 15.9 Å². The van der Waals surface area contributed by atoms with Crippen LogP contribution in [0.25, 0.3) is 0 Å². The van der Waals surface area contributed by atoms with Crippen molar-refractivity contribution in [2.75, 3.05) is 7.11 Å². The molecule has 0 saturated heterocycles. The maximum atomic E-state index is 11.7. The number of benzene rings is 2. The number of carbonyl (C=O) groups is 1. The number of carbonyl (C=O) groups excluding carboxylic acids is 1. The van der Waals surface area contributed by atoms with Gasteiger partial charge in [-0.05, 0) is 30.7 Å². The number of hydrogen-bond acceptors (Lipinski definition) is 5. The lowest BCUT2D eigenvalue weighted by Gasteiger charge is -2.10. The van der Waals surface area contributed by atoms with Crippen molar-refractivity contribution in [2.45, 2.75) is 6.92 Å². The Kier molecular flexibility index (Phi) is 5.08. The van der Waals surface area contributed by atoms with Crippen LogP contribution in [0.3, 0.4) is 0 Å². The molecule has 120 valence electrons. The molecule has 0 bridgehead atoms. The predicted molar refractivity (Wildman–Crippen MR) is 85.7 cm³/mol. The minimum atomic E-state index is -0.833. The highest BCUT2D eigenvalue weighted by Crippen LogP contribution is 2.35. The van der Waals surface area contributed by atoms with E-state index in [-0.39, 0.29) is 22.0 Å². The second-order valence-electron chi connectivity index (χ2n) is 4.56. The molecule has 0 fully saturated rings. The Hall–Kier alpha value is -2.31. The average molecular weight is 356 g/mol. The summed E-state index contributed by atoms with van der Waals surface area (Å²) in [6, 6.07) is 6.91.